The van der Waals surface area contributed by atoms with Crippen molar-refractivity contribution < 1.29 is 0 Å². The maximum absolute atomic E-state index is 6.04. The van der Waals surface area contributed by atoms with E-state index in [0.717, 1.165) is 42.1 Å². The highest BCUT2D eigenvalue weighted by atomic mass is 35.5. The lowest BCUT2D eigenvalue weighted by Crippen LogP contribution is -2.33. The summed E-state index contributed by atoms with van der Waals surface area (Å²) in [5, 5.41) is 3.47. The molecule has 19 heavy (non-hydrogen) atoms. The van der Waals surface area contributed by atoms with Crippen LogP contribution in [0.25, 0.3) is 10.2 Å². The first-order chi connectivity index (χ1) is 9.11. The minimum absolute atomic E-state index is 0.330. The lowest BCUT2D eigenvalue weighted by atomic mass is 10.3. The van der Waals surface area contributed by atoms with Gasteiger partial charge in [0, 0.05) is 19.6 Å². The number of hydrogen-bond acceptors (Lipinski definition) is 5. The fraction of sp³-hybridized carbons (Fsp3) is 0.538. The number of likely N-dealkylation sites (N-methyl/N-ethyl adjacent to an activating group) is 1. The van der Waals surface area contributed by atoms with E-state index in [0.29, 0.717) is 5.28 Å². The molecule has 0 aliphatic rings. The van der Waals surface area contributed by atoms with E-state index >= 15 is 0 Å². The molecule has 4 nitrogen and oxygen atoms in total. The molecule has 0 spiro atoms. The summed E-state index contributed by atoms with van der Waals surface area (Å²) in [7, 11) is 4.16. The van der Waals surface area contributed by atoms with Gasteiger partial charge in [0.2, 0.25) is 5.28 Å². The quantitative estimate of drug-likeness (QED) is 0.767. The second kappa shape index (κ2) is 6.50. The molecule has 0 saturated carbocycles. The van der Waals surface area contributed by atoms with Crippen LogP contribution in [0, 0.1) is 0 Å². The number of thiophene rings is 1. The molecule has 0 radical (unpaired) electrons. The zero-order chi connectivity index (χ0) is 13.8. The van der Waals surface area contributed by atoms with E-state index in [1.165, 1.54) is 0 Å². The van der Waals surface area contributed by atoms with E-state index < -0.39 is 0 Å². The molecule has 2 heterocycles. The van der Waals surface area contributed by atoms with E-state index in [-0.39, 0.29) is 0 Å². The average molecular weight is 299 g/mol. The van der Waals surface area contributed by atoms with Crippen LogP contribution in [-0.2, 0) is 0 Å². The SMILES string of the molecule is CCCN(CCN(C)C)c1nc(Cl)nc2sccc12. The minimum Gasteiger partial charge on any atom is -0.355 e. The zero-order valence-corrected chi connectivity index (χ0v) is 13.1. The monoisotopic (exact) mass is 298 g/mol. The molecule has 2 aromatic rings. The Morgan fingerprint density at radius 3 is 2.68 bits per heavy atom. The molecule has 0 saturated heterocycles. The molecule has 0 N–H and O–H groups in total. The Bertz CT molecular complexity index is 540. The van der Waals surface area contributed by atoms with Gasteiger partial charge in [0.1, 0.15) is 10.6 Å². The minimum atomic E-state index is 0.330. The van der Waals surface area contributed by atoms with Gasteiger partial charge in [0.25, 0.3) is 0 Å². The molecule has 104 valence electrons. The van der Waals surface area contributed by atoms with E-state index in [4.69, 9.17) is 11.6 Å². The molecule has 0 bridgehead atoms. The van der Waals surface area contributed by atoms with Crippen molar-refractivity contribution in [3.63, 3.8) is 0 Å². The highest BCUT2D eigenvalue weighted by molar-refractivity contribution is 7.16. The van der Waals surface area contributed by atoms with Gasteiger partial charge in [-0.15, -0.1) is 11.3 Å². The fourth-order valence-corrected chi connectivity index (χ4v) is 2.94. The summed E-state index contributed by atoms with van der Waals surface area (Å²) in [6.45, 7) is 5.09. The number of aromatic nitrogens is 2. The molecule has 0 atom stereocenters. The van der Waals surface area contributed by atoms with Crippen LogP contribution in [0.4, 0.5) is 5.82 Å². The number of fused-ring (bicyclic) bond motifs is 1. The lowest BCUT2D eigenvalue weighted by Gasteiger charge is -2.25. The van der Waals surface area contributed by atoms with Crippen molar-refractivity contribution in [2.45, 2.75) is 13.3 Å². The molecule has 0 aromatic carbocycles. The van der Waals surface area contributed by atoms with Gasteiger partial charge in [-0.25, -0.2) is 4.98 Å². The third-order valence-corrected chi connectivity index (χ3v) is 3.86. The number of anilines is 1. The predicted molar refractivity (Wildman–Crippen MR) is 83.5 cm³/mol. The molecule has 0 amide bonds. The van der Waals surface area contributed by atoms with Crippen LogP contribution in [0.5, 0.6) is 0 Å². The van der Waals surface area contributed by atoms with Crippen molar-refractivity contribution >= 4 is 39.0 Å². The van der Waals surface area contributed by atoms with Gasteiger partial charge < -0.3 is 9.80 Å². The molecular weight excluding hydrogens is 280 g/mol. The Morgan fingerprint density at radius 1 is 1.21 bits per heavy atom. The maximum atomic E-state index is 6.04. The fourth-order valence-electron chi connectivity index (χ4n) is 1.97. The standard InChI is InChI=1S/C13H19ClN4S/c1-4-6-18(8-7-17(2)3)11-10-5-9-19-12(10)16-13(14)15-11/h5,9H,4,6-8H2,1-3H3. The summed E-state index contributed by atoms with van der Waals surface area (Å²) >= 11 is 7.64. The maximum Gasteiger partial charge on any atom is 0.225 e. The molecule has 6 heteroatoms. The van der Waals surface area contributed by atoms with Crippen LogP contribution in [0.1, 0.15) is 13.3 Å². The van der Waals surface area contributed by atoms with Crippen LogP contribution in [0.15, 0.2) is 11.4 Å². The van der Waals surface area contributed by atoms with E-state index in [1.807, 2.05) is 5.38 Å². The number of halogens is 1. The van der Waals surface area contributed by atoms with E-state index in [1.54, 1.807) is 11.3 Å². The second-order valence-corrected chi connectivity index (χ2v) is 5.98. The smallest absolute Gasteiger partial charge is 0.225 e. The number of rotatable bonds is 6. The van der Waals surface area contributed by atoms with E-state index in [9.17, 15) is 0 Å². The van der Waals surface area contributed by atoms with Crippen molar-refractivity contribution in [1.29, 1.82) is 0 Å². The Hall–Kier alpha value is -0.910. The number of hydrogen-bond donors (Lipinski definition) is 0. The summed E-state index contributed by atoms with van der Waals surface area (Å²) in [5.74, 6) is 0.958. The van der Waals surface area contributed by atoms with Gasteiger partial charge in [-0.05, 0) is 43.6 Å². The molecule has 2 aromatic heterocycles. The molecule has 0 unspecified atom stereocenters. The Kier molecular flexibility index (Phi) is 4.96. The first kappa shape index (κ1) is 14.5. The van der Waals surface area contributed by atoms with Crippen LogP contribution in [0.2, 0.25) is 5.28 Å². The van der Waals surface area contributed by atoms with Gasteiger partial charge in [0.05, 0.1) is 5.39 Å². The van der Waals surface area contributed by atoms with Crippen LogP contribution >= 0.6 is 22.9 Å². The van der Waals surface area contributed by atoms with Gasteiger partial charge in [-0.3, -0.25) is 0 Å². The zero-order valence-electron chi connectivity index (χ0n) is 11.6. The lowest BCUT2D eigenvalue weighted by molar-refractivity contribution is 0.412. The van der Waals surface area contributed by atoms with Crippen LogP contribution in [-0.4, -0.2) is 48.6 Å². The third kappa shape index (κ3) is 3.55. The van der Waals surface area contributed by atoms with Gasteiger partial charge in [-0.1, -0.05) is 6.92 Å². The Balaban J connectivity index is 2.34. The largest absolute Gasteiger partial charge is 0.355 e. The van der Waals surface area contributed by atoms with Gasteiger partial charge in [-0.2, -0.15) is 4.98 Å². The summed E-state index contributed by atoms with van der Waals surface area (Å²) in [6, 6.07) is 2.07. The predicted octanol–water partition coefficient (Wildman–Crippen LogP) is 3.12. The summed E-state index contributed by atoms with van der Waals surface area (Å²) in [4.78, 5) is 14.1. The Labute approximate surface area is 123 Å². The summed E-state index contributed by atoms with van der Waals surface area (Å²) < 4.78 is 0. The molecule has 0 fully saturated rings. The first-order valence-corrected chi connectivity index (χ1v) is 7.68. The van der Waals surface area contributed by atoms with Crippen molar-refractivity contribution in [2.75, 3.05) is 38.6 Å². The average Bonchev–Trinajstić information content (AvgIpc) is 2.81. The molecule has 0 aliphatic heterocycles. The summed E-state index contributed by atoms with van der Waals surface area (Å²) in [5.41, 5.74) is 0. The van der Waals surface area contributed by atoms with Crippen molar-refractivity contribution in [3.8, 4) is 0 Å². The topological polar surface area (TPSA) is 32.3 Å². The third-order valence-electron chi connectivity index (χ3n) is 2.89. The summed E-state index contributed by atoms with van der Waals surface area (Å²) in [6.07, 6.45) is 1.08. The molecule has 0 aliphatic carbocycles. The van der Waals surface area contributed by atoms with Crippen molar-refractivity contribution in [3.05, 3.63) is 16.7 Å². The van der Waals surface area contributed by atoms with Gasteiger partial charge in [0.15, 0.2) is 0 Å². The van der Waals surface area contributed by atoms with Crippen LogP contribution < -0.4 is 4.90 Å². The van der Waals surface area contributed by atoms with E-state index in [2.05, 4.69) is 46.9 Å². The second-order valence-electron chi connectivity index (χ2n) is 4.75. The van der Waals surface area contributed by atoms with Gasteiger partial charge >= 0.3 is 0 Å². The highest BCUT2D eigenvalue weighted by Crippen LogP contribution is 2.29. The van der Waals surface area contributed by atoms with Crippen molar-refractivity contribution in [2.24, 2.45) is 0 Å². The highest BCUT2D eigenvalue weighted by Gasteiger charge is 2.14. The molecular formula is C13H19ClN4S. The number of nitrogens with zero attached hydrogens (tertiary/aromatic N) is 4. The van der Waals surface area contributed by atoms with Crippen LogP contribution in [0.3, 0.4) is 0 Å². The first-order valence-electron chi connectivity index (χ1n) is 6.42. The Morgan fingerprint density at radius 2 is 2.00 bits per heavy atom. The molecule has 2 rings (SSSR count). The van der Waals surface area contributed by atoms with Crippen molar-refractivity contribution in [1.82, 2.24) is 14.9 Å². The normalized spacial score (nSPS) is 11.4.